The van der Waals surface area contributed by atoms with Crippen molar-refractivity contribution < 1.29 is 0 Å². The molecule has 0 unspecified atom stereocenters. The average Bonchev–Trinajstić information content (AvgIpc) is 2.16. The van der Waals surface area contributed by atoms with Crippen molar-refractivity contribution in [1.29, 1.82) is 0 Å². The highest BCUT2D eigenvalue weighted by Crippen LogP contribution is 2.28. The van der Waals surface area contributed by atoms with Crippen molar-refractivity contribution in [1.82, 2.24) is 4.98 Å². The predicted octanol–water partition coefficient (Wildman–Crippen LogP) is 1.40. The van der Waals surface area contributed by atoms with Crippen LogP contribution in [0.3, 0.4) is 0 Å². The molecule has 1 aliphatic rings. The molecule has 0 atom stereocenters. The van der Waals surface area contributed by atoms with Crippen LogP contribution in [0.25, 0.3) is 0 Å². The number of hydrogen-bond acceptors (Lipinski definition) is 3. The van der Waals surface area contributed by atoms with E-state index in [1.54, 1.807) is 0 Å². The maximum atomic E-state index is 5.63. The highest BCUT2D eigenvalue weighted by Gasteiger charge is 2.24. The van der Waals surface area contributed by atoms with Gasteiger partial charge < -0.3 is 10.6 Å². The van der Waals surface area contributed by atoms with Gasteiger partial charge in [0.15, 0.2) is 0 Å². The molecule has 1 aromatic rings. The fourth-order valence-corrected chi connectivity index (χ4v) is 1.90. The molecule has 0 aliphatic heterocycles. The summed E-state index contributed by atoms with van der Waals surface area (Å²) in [5, 5.41) is 0. The lowest BCUT2D eigenvalue weighted by molar-refractivity contribution is 0.388. The lowest BCUT2D eigenvalue weighted by atomic mass is 9.91. The molecule has 76 valence electrons. The van der Waals surface area contributed by atoms with E-state index < -0.39 is 0 Å². The minimum atomic E-state index is 0.709. The molecule has 2 rings (SSSR count). The van der Waals surface area contributed by atoms with E-state index >= 15 is 0 Å². The molecule has 0 aromatic carbocycles. The number of rotatable bonds is 4. The minimum absolute atomic E-state index is 0.709. The number of aromatic nitrogens is 1. The van der Waals surface area contributed by atoms with Gasteiger partial charge in [-0.05, 0) is 31.4 Å². The summed E-state index contributed by atoms with van der Waals surface area (Å²) < 4.78 is 0. The van der Waals surface area contributed by atoms with Crippen LogP contribution in [0.1, 0.15) is 19.3 Å². The summed E-state index contributed by atoms with van der Waals surface area (Å²) in [4.78, 5) is 6.44. The molecule has 2 N–H and O–H groups in total. The smallest absolute Gasteiger partial charge is 0.0400 e. The third-order valence-corrected chi connectivity index (χ3v) is 2.88. The number of hydrogen-bond donors (Lipinski definition) is 1. The zero-order chi connectivity index (χ0) is 9.80. The zero-order valence-corrected chi connectivity index (χ0v) is 8.39. The van der Waals surface area contributed by atoms with Crippen LogP contribution in [0.15, 0.2) is 24.5 Å². The molecule has 3 nitrogen and oxygen atoms in total. The summed E-state index contributed by atoms with van der Waals surface area (Å²) >= 11 is 0. The fourth-order valence-electron chi connectivity index (χ4n) is 1.90. The molecule has 0 spiro atoms. The van der Waals surface area contributed by atoms with E-state index in [1.165, 1.54) is 24.9 Å². The first-order valence-electron chi connectivity index (χ1n) is 5.28. The minimum Gasteiger partial charge on any atom is -0.367 e. The zero-order valence-electron chi connectivity index (χ0n) is 8.39. The summed E-state index contributed by atoms with van der Waals surface area (Å²) in [7, 11) is 0. The Balaban J connectivity index is 2.09. The van der Waals surface area contributed by atoms with Gasteiger partial charge >= 0.3 is 0 Å². The highest BCUT2D eigenvalue weighted by molar-refractivity contribution is 5.46. The monoisotopic (exact) mass is 191 g/mol. The van der Waals surface area contributed by atoms with Crippen LogP contribution in [0.5, 0.6) is 0 Å². The highest BCUT2D eigenvalue weighted by atomic mass is 15.2. The summed E-state index contributed by atoms with van der Waals surface area (Å²) in [5.41, 5.74) is 6.89. The Morgan fingerprint density at radius 3 is 2.57 bits per heavy atom. The number of nitrogens with two attached hydrogens (primary N) is 1. The molecule has 0 radical (unpaired) electrons. The Labute approximate surface area is 84.9 Å². The standard InChI is InChI=1S/C11H17N3/c12-6-9-14(10-2-1-3-10)11-4-7-13-8-5-11/h4-5,7-8,10H,1-3,6,9,12H2. The Hall–Kier alpha value is -1.09. The van der Waals surface area contributed by atoms with Crippen LogP contribution in [0.2, 0.25) is 0 Å². The molecule has 1 aromatic heterocycles. The van der Waals surface area contributed by atoms with Gasteiger partial charge in [0.05, 0.1) is 0 Å². The molecule has 0 saturated heterocycles. The number of anilines is 1. The molecule has 0 amide bonds. The van der Waals surface area contributed by atoms with E-state index in [1.807, 2.05) is 12.4 Å². The first-order chi connectivity index (χ1) is 6.92. The van der Waals surface area contributed by atoms with Gasteiger partial charge in [-0.3, -0.25) is 4.98 Å². The average molecular weight is 191 g/mol. The van der Waals surface area contributed by atoms with E-state index in [9.17, 15) is 0 Å². The summed E-state index contributed by atoms with van der Waals surface area (Å²) in [6, 6.07) is 4.84. The van der Waals surface area contributed by atoms with Crippen LogP contribution in [0, 0.1) is 0 Å². The normalized spacial score (nSPS) is 16.4. The molecule has 1 fully saturated rings. The lowest BCUT2D eigenvalue weighted by Gasteiger charge is -2.39. The Bertz CT molecular complexity index is 269. The Morgan fingerprint density at radius 1 is 1.36 bits per heavy atom. The second-order valence-electron chi connectivity index (χ2n) is 3.77. The largest absolute Gasteiger partial charge is 0.367 e. The second-order valence-corrected chi connectivity index (χ2v) is 3.77. The number of nitrogens with zero attached hydrogens (tertiary/aromatic N) is 2. The summed E-state index contributed by atoms with van der Waals surface area (Å²) in [5.74, 6) is 0. The van der Waals surface area contributed by atoms with Crippen molar-refractivity contribution >= 4 is 5.69 Å². The maximum absolute atomic E-state index is 5.63. The van der Waals surface area contributed by atoms with Gasteiger partial charge in [-0.2, -0.15) is 0 Å². The van der Waals surface area contributed by atoms with Crippen LogP contribution in [0.4, 0.5) is 5.69 Å². The first-order valence-corrected chi connectivity index (χ1v) is 5.28. The molecule has 14 heavy (non-hydrogen) atoms. The van der Waals surface area contributed by atoms with Crippen LogP contribution in [-0.2, 0) is 0 Å². The van der Waals surface area contributed by atoms with Crippen LogP contribution in [-0.4, -0.2) is 24.1 Å². The first kappa shape index (κ1) is 9.46. The molecule has 1 saturated carbocycles. The topological polar surface area (TPSA) is 42.1 Å². The van der Waals surface area contributed by atoms with Gasteiger partial charge in [0.25, 0.3) is 0 Å². The van der Waals surface area contributed by atoms with Gasteiger partial charge in [0, 0.05) is 37.2 Å². The summed E-state index contributed by atoms with van der Waals surface area (Å²) in [6.07, 6.45) is 7.66. The van der Waals surface area contributed by atoms with Crippen molar-refractivity contribution in [3.8, 4) is 0 Å². The molecule has 0 bridgehead atoms. The predicted molar refractivity (Wildman–Crippen MR) is 58.3 cm³/mol. The van der Waals surface area contributed by atoms with E-state index in [0.717, 1.165) is 13.1 Å². The van der Waals surface area contributed by atoms with E-state index in [-0.39, 0.29) is 0 Å². The Kier molecular flexibility index (Phi) is 2.99. The van der Waals surface area contributed by atoms with Crippen molar-refractivity contribution in [2.45, 2.75) is 25.3 Å². The van der Waals surface area contributed by atoms with Crippen molar-refractivity contribution in [3.63, 3.8) is 0 Å². The quantitative estimate of drug-likeness (QED) is 0.782. The van der Waals surface area contributed by atoms with Gasteiger partial charge in [0.1, 0.15) is 0 Å². The van der Waals surface area contributed by atoms with Crippen LogP contribution < -0.4 is 10.6 Å². The van der Waals surface area contributed by atoms with E-state index in [4.69, 9.17) is 5.73 Å². The third-order valence-electron chi connectivity index (χ3n) is 2.88. The van der Waals surface area contributed by atoms with Crippen molar-refractivity contribution in [2.75, 3.05) is 18.0 Å². The van der Waals surface area contributed by atoms with Gasteiger partial charge in [-0.15, -0.1) is 0 Å². The maximum Gasteiger partial charge on any atom is 0.0400 e. The SMILES string of the molecule is NCCN(c1ccncc1)C1CCC1. The van der Waals surface area contributed by atoms with Crippen molar-refractivity contribution in [2.24, 2.45) is 5.73 Å². The number of pyridine rings is 1. The summed E-state index contributed by atoms with van der Waals surface area (Å²) in [6.45, 7) is 1.67. The third kappa shape index (κ3) is 1.87. The van der Waals surface area contributed by atoms with E-state index in [2.05, 4.69) is 22.0 Å². The van der Waals surface area contributed by atoms with E-state index in [0.29, 0.717) is 6.04 Å². The lowest BCUT2D eigenvalue weighted by Crippen LogP contribution is -2.43. The van der Waals surface area contributed by atoms with Gasteiger partial charge in [0.2, 0.25) is 0 Å². The second kappa shape index (κ2) is 4.42. The fraction of sp³-hybridized carbons (Fsp3) is 0.545. The molecule has 1 aliphatic carbocycles. The molecule has 3 heteroatoms. The molecular weight excluding hydrogens is 174 g/mol. The van der Waals surface area contributed by atoms with Crippen molar-refractivity contribution in [3.05, 3.63) is 24.5 Å². The van der Waals surface area contributed by atoms with Crippen LogP contribution >= 0.6 is 0 Å². The molecule has 1 heterocycles. The Morgan fingerprint density at radius 2 is 2.07 bits per heavy atom. The van der Waals surface area contributed by atoms with Gasteiger partial charge in [-0.1, -0.05) is 0 Å². The van der Waals surface area contributed by atoms with Gasteiger partial charge in [-0.25, -0.2) is 0 Å². The molecular formula is C11H17N3.